The highest BCUT2D eigenvalue weighted by Gasteiger charge is 2.16. The van der Waals surface area contributed by atoms with Gasteiger partial charge < -0.3 is 5.73 Å². The van der Waals surface area contributed by atoms with Crippen molar-refractivity contribution in [1.82, 2.24) is 9.78 Å². The molecule has 0 aliphatic heterocycles. The molecule has 0 aliphatic rings. The van der Waals surface area contributed by atoms with Gasteiger partial charge in [0.25, 0.3) is 0 Å². The first-order chi connectivity index (χ1) is 9.61. The summed E-state index contributed by atoms with van der Waals surface area (Å²) in [4.78, 5) is 0. The molecule has 2 N–H and O–H groups in total. The number of aryl methyl sites for hydroxylation is 3. The molecule has 0 spiro atoms. The van der Waals surface area contributed by atoms with E-state index < -0.39 is 0 Å². The van der Waals surface area contributed by atoms with Crippen molar-refractivity contribution in [2.45, 2.75) is 45.7 Å². The molecule has 0 saturated heterocycles. The van der Waals surface area contributed by atoms with Crippen LogP contribution in [0.25, 0.3) is 0 Å². The fourth-order valence-corrected chi connectivity index (χ4v) is 2.74. The summed E-state index contributed by atoms with van der Waals surface area (Å²) >= 11 is 6.22. The van der Waals surface area contributed by atoms with Crippen LogP contribution in [0.15, 0.2) is 30.5 Å². The molecule has 0 radical (unpaired) electrons. The Morgan fingerprint density at radius 3 is 2.90 bits per heavy atom. The van der Waals surface area contributed by atoms with Crippen molar-refractivity contribution in [2.75, 3.05) is 0 Å². The topological polar surface area (TPSA) is 43.8 Å². The van der Waals surface area contributed by atoms with E-state index in [1.54, 1.807) is 6.20 Å². The zero-order valence-corrected chi connectivity index (χ0v) is 12.9. The van der Waals surface area contributed by atoms with Gasteiger partial charge in [-0.05, 0) is 31.7 Å². The van der Waals surface area contributed by atoms with Crippen molar-refractivity contribution in [3.8, 4) is 0 Å². The number of hydrogen-bond donors (Lipinski definition) is 1. The smallest absolute Gasteiger partial charge is 0.0834 e. The summed E-state index contributed by atoms with van der Waals surface area (Å²) in [5.41, 5.74) is 9.87. The van der Waals surface area contributed by atoms with Crippen LogP contribution in [0.3, 0.4) is 0 Å². The lowest BCUT2D eigenvalue weighted by Crippen LogP contribution is -2.17. The minimum atomic E-state index is -0.0722. The van der Waals surface area contributed by atoms with E-state index in [0.29, 0.717) is 5.02 Å². The molecule has 2 aromatic rings. The summed E-state index contributed by atoms with van der Waals surface area (Å²) < 4.78 is 1.93. The number of aromatic nitrogens is 2. The number of halogens is 1. The summed E-state index contributed by atoms with van der Waals surface area (Å²) in [6.45, 7) is 5.09. The van der Waals surface area contributed by atoms with Crippen molar-refractivity contribution >= 4 is 11.6 Å². The van der Waals surface area contributed by atoms with Crippen molar-refractivity contribution in [3.63, 3.8) is 0 Å². The Morgan fingerprint density at radius 1 is 1.40 bits per heavy atom. The van der Waals surface area contributed by atoms with E-state index in [4.69, 9.17) is 17.3 Å². The predicted molar refractivity (Wildman–Crippen MR) is 84.0 cm³/mol. The van der Waals surface area contributed by atoms with Gasteiger partial charge in [-0.25, -0.2) is 0 Å². The van der Waals surface area contributed by atoms with Crippen LogP contribution in [-0.4, -0.2) is 9.78 Å². The van der Waals surface area contributed by atoms with Gasteiger partial charge in [-0.3, -0.25) is 4.68 Å². The standard InChI is InChI=1S/C16H22ClN3/c1-3-9-20-16(14(17)11-19-20)15(18)8-7-13-6-4-5-12(2)10-13/h4-6,10-11,15H,3,7-9,18H2,1-2H3. The summed E-state index contributed by atoms with van der Waals surface area (Å²) in [6, 6.07) is 8.47. The van der Waals surface area contributed by atoms with E-state index in [9.17, 15) is 0 Å². The summed E-state index contributed by atoms with van der Waals surface area (Å²) in [5, 5.41) is 4.98. The van der Waals surface area contributed by atoms with Crippen molar-refractivity contribution in [1.29, 1.82) is 0 Å². The first-order valence-corrected chi connectivity index (χ1v) is 7.52. The fraction of sp³-hybridized carbons (Fsp3) is 0.438. The third-order valence-electron chi connectivity index (χ3n) is 3.45. The number of hydrogen-bond acceptors (Lipinski definition) is 2. The molecule has 0 saturated carbocycles. The van der Waals surface area contributed by atoms with E-state index in [1.807, 2.05) is 4.68 Å². The number of nitrogens with zero attached hydrogens (tertiary/aromatic N) is 2. The maximum absolute atomic E-state index is 6.31. The third kappa shape index (κ3) is 3.62. The van der Waals surface area contributed by atoms with Gasteiger partial charge in [0.15, 0.2) is 0 Å². The van der Waals surface area contributed by atoms with Crippen LogP contribution >= 0.6 is 11.6 Å². The molecular formula is C16H22ClN3. The minimum Gasteiger partial charge on any atom is -0.323 e. The third-order valence-corrected chi connectivity index (χ3v) is 3.74. The minimum absolute atomic E-state index is 0.0722. The van der Waals surface area contributed by atoms with Crippen molar-refractivity contribution in [3.05, 3.63) is 52.3 Å². The fourth-order valence-electron chi connectivity index (χ4n) is 2.46. The molecular weight excluding hydrogens is 270 g/mol. The van der Waals surface area contributed by atoms with Gasteiger partial charge >= 0.3 is 0 Å². The van der Waals surface area contributed by atoms with Gasteiger partial charge in [-0.2, -0.15) is 5.10 Å². The second-order valence-electron chi connectivity index (χ2n) is 5.24. The van der Waals surface area contributed by atoms with Crippen LogP contribution in [-0.2, 0) is 13.0 Å². The van der Waals surface area contributed by atoms with E-state index >= 15 is 0 Å². The average molecular weight is 292 g/mol. The lowest BCUT2D eigenvalue weighted by atomic mass is 10.0. The van der Waals surface area contributed by atoms with Crippen molar-refractivity contribution < 1.29 is 0 Å². The highest BCUT2D eigenvalue weighted by atomic mass is 35.5. The molecule has 1 aromatic carbocycles. The molecule has 0 aliphatic carbocycles. The Bertz CT molecular complexity index is 563. The number of rotatable bonds is 6. The average Bonchev–Trinajstić information content (AvgIpc) is 2.78. The normalized spacial score (nSPS) is 12.6. The zero-order valence-electron chi connectivity index (χ0n) is 12.1. The molecule has 0 fully saturated rings. The molecule has 4 heteroatoms. The van der Waals surface area contributed by atoms with E-state index in [1.165, 1.54) is 11.1 Å². The molecule has 3 nitrogen and oxygen atoms in total. The van der Waals surface area contributed by atoms with Crippen LogP contribution in [0.4, 0.5) is 0 Å². The SMILES string of the molecule is CCCn1ncc(Cl)c1C(N)CCc1cccc(C)c1. The lowest BCUT2D eigenvalue weighted by molar-refractivity contribution is 0.523. The quantitative estimate of drug-likeness (QED) is 0.877. The molecule has 1 atom stereocenters. The van der Waals surface area contributed by atoms with Gasteiger partial charge in [0.1, 0.15) is 0 Å². The maximum Gasteiger partial charge on any atom is 0.0834 e. The van der Waals surface area contributed by atoms with E-state index in [0.717, 1.165) is 31.5 Å². The molecule has 108 valence electrons. The first-order valence-electron chi connectivity index (χ1n) is 7.14. The molecule has 0 amide bonds. The van der Waals surface area contributed by atoms with Crippen molar-refractivity contribution in [2.24, 2.45) is 5.73 Å². The van der Waals surface area contributed by atoms with Crippen LogP contribution < -0.4 is 5.73 Å². The zero-order chi connectivity index (χ0) is 14.5. The Morgan fingerprint density at radius 2 is 2.20 bits per heavy atom. The Labute approximate surface area is 125 Å². The Kier molecular flexibility index (Phi) is 5.21. The molecule has 1 unspecified atom stereocenters. The highest BCUT2D eigenvalue weighted by molar-refractivity contribution is 6.31. The lowest BCUT2D eigenvalue weighted by Gasteiger charge is -2.15. The monoisotopic (exact) mass is 291 g/mol. The predicted octanol–water partition coefficient (Wildman–Crippen LogP) is 3.89. The second kappa shape index (κ2) is 6.91. The molecule has 1 aromatic heterocycles. The van der Waals surface area contributed by atoms with Gasteiger partial charge in [0, 0.05) is 12.6 Å². The van der Waals surface area contributed by atoms with Gasteiger partial charge in [-0.15, -0.1) is 0 Å². The summed E-state index contributed by atoms with van der Waals surface area (Å²) in [7, 11) is 0. The second-order valence-corrected chi connectivity index (χ2v) is 5.64. The van der Waals surface area contributed by atoms with Crippen LogP contribution in [0.2, 0.25) is 5.02 Å². The largest absolute Gasteiger partial charge is 0.323 e. The summed E-state index contributed by atoms with van der Waals surface area (Å²) in [6.07, 6.45) is 4.55. The highest BCUT2D eigenvalue weighted by Crippen LogP contribution is 2.25. The van der Waals surface area contributed by atoms with Gasteiger partial charge in [0.05, 0.1) is 16.9 Å². The van der Waals surface area contributed by atoms with E-state index in [-0.39, 0.29) is 6.04 Å². The maximum atomic E-state index is 6.31. The van der Waals surface area contributed by atoms with Crippen LogP contribution in [0.1, 0.15) is 42.6 Å². The van der Waals surface area contributed by atoms with Gasteiger partial charge in [-0.1, -0.05) is 48.4 Å². The van der Waals surface area contributed by atoms with E-state index in [2.05, 4.69) is 43.2 Å². The van der Waals surface area contributed by atoms with Crippen LogP contribution in [0, 0.1) is 6.92 Å². The molecule has 0 bridgehead atoms. The summed E-state index contributed by atoms with van der Waals surface area (Å²) in [5.74, 6) is 0. The number of benzene rings is 1. The first kappa shape index (κ1) is 15.1. The van der Waals surface area contributed by atoms with Crippen LogP contribution in [0.5, 0.6) is 0 Å². The molecule has 2 rings (SSSR count). The Hall–Kier alpha value is -1.32. The molecule has 1 heterocycles. The van der Waals surface area contributed by atoms with Gasteiger partial charge in [0.2, 0.25) is 0 Å². The molecule has 20 heavy (non-hydrogen) atoms. The Balaban J connectivity index is 2.05. The number of nitrogens with two attached hydrogens (primary N) is 1.